The molecule has 0 bridgehead atoms. The Labute approximate surface area is 137 Å². The lowest BCUT2D eigenvalue weighted by Crippen LogP contribution is -2.28. The topological polar surface area (TPSA) is 41.1 Å². The van der Waals surface area contributed by atoms with Gasteiger partial charge in [-0.25, -0.2) is 0 Å². The van der Waals surface area contributed by atoms with E-state index >= 15 is 0 Å². The lowest BCUT2D eigenvalue weighted by molar-refractivity contribution is -0.120. The summed E-state index contributed by atoms with van der Waals surface area (Å²) < 4.78 is 0. The van der Waals surface area contributed by atoms with E-state index in [9.17, 15) is 4.79 Å². The van der Waals surface area contributed by atoms with E-state index in [0.29, 0.717) is 11.2 Å². The molecule has 3 rings (SSSR count). The Balaban J connectivity index is 1.57. The fraction of sp³-hybridized carbons (Fsp3) is 0.611. The van der Waals surface area contributed by atoms with E-state index < -0.39 is 0 Å². The summed E-state index contributed by atoms with van der Waals surface area (Å²) in [5, 5.41) is 7.11. The zero-order valence-electron chi connectivity index (χ0n) is 13.3. The van der Waals surface area contributed by atoms with Crippen LogP contribution in [0, 0.1) is 5.92 Å². The van der Waals surface area contributed by atoms with Gasteiger partial charge in [-0.1, -0.05) is 19.1 Å². The van der Waals surface area contributed by atoms with Crippen LogP contribution in [0.4, 0.5) is 5.69 Å². The van der Waals surface area contributed by atoms with Gasteiger partial charge in [-0.3, -0.25) is 4.79 Å². The minimum atomic E-state index is 0.181. The minimum absolute atomic E-state index is 0.181. The SMILES string of the molecule is CC1CC(C(=O)Nc2ccc(C3CCNCC3)cc2)CCS1. The van der Waals surface area contributed by atoms with Crippen molar-refractivity contribution >= 4 is 23.4 Å². The second kappa shape index (κ2) is 7.51. The van der Waals surface area contributed by atoms with Crippen LogP contribution in [-0.4, -0.2) is 30.0 Å². The molecular formula is C18H26N2OS. The smallest absolute Gasteiger partial charge is 0.227 e. The van der Waals surface area contributed by atoms with Gasteiger partial charge >= 0.3 is 0 Å². The second-order valence-electron chi connectivity index (χ2n) is 6.54. The molecule has 0 aromatic heterocycles. The van der Waals surface area contributed by atoms with E-state index in [0.717, 1.165) is 37.4 Å². The Morgan fingerprint density at radius 1 is 1.18 bits per heavy atom. The summed E-state index contributed by atoms with van der Waals surface area (Å²) >= 11 is 1.98. The number of amides is 1. The first-order valence-electron chi connectivity index (χ1n) is 8.45. The van der Waals surface area contributed by atoms with Gasteiger partial charge in [0.25, 0.3) is 0 Å². The zero-order chi connectivity index (χ0) is 15.4. The maximum absolute atomic E-state index is 12.4. The van der Waals surface area contributed by atoms with Crippen molar-refractivity contribution in [3.8, 4) is 0 Å². The molecule has 120 valence electrons. The zero-order valence-corrected chi connectivity index (χ0v) is 14.1. The third-order valence-electron chi connectivity index (χ3n) is 4.84. The average Bonchev–Trinajstić information content (AvgIpc) is 2.56. The standard InChI is InChI=1S/C18H26N2OS/c1-13-12-16(8-11-22-13)18(21)20-17-4-2-14(3-5-17)15-6-9-19-10-7-15/h2-5,13,15-16,19H,6-12H2,1H3,(H,20,21). The molecule has 2 N–H and O–H groups in total. The number of rotatable bonds is 3. The molecule has 2 aliphatic heterocycles. The molecule has 4 heteroatoms. The Morgan fingerprint density at radius 3 is 2.59 bits per heavy atom. The van der Waals surface area contributed by atoms with E-state index in [2.05, 4.69) is 41.8 Å². The Morgan fingerprint density at radius 2 is 1.91 bits per heavy atom. The first-order chi connectivity index (χ1) is 10.7. The first-order valence-corrected chi connectivity index (χ1v) is 9.50. The third kappa shape index (κ3) is 4.05. The van der Waals surface area contributed by atoms with Crippen LogP contribution >= 0.6 is 11.8 Å². The van der Waals surface area contributed by atoms with Crippen molar-refractivity contribution in [1.29, 1.82) is 0 Å². The monoisotopic (exact) mass is 318 g/mol. The van der Waals surface area contributed by atoms with Crippen molar-refractivity contribution in [2.24, 2.45) is 5.92 Å². The predicted molar refractivity (Wildman–Crippen MR) is 94.6 cm³/mol. The number of piperidine rings is 1. The lowest BCUT2D eigenvalue weighted by Gasteiger charge is -2.25. The second-order valence-corrected chi connectivity index (χ2v) is 8.08. The number of thioether (sulfide) groups is 1. The molecule has 2 saturated heterocycles. The van der Waals surface area contributed by atoms with E-state index in [1.807, 2.05) is 11.8 Å². The molecule has 3 nitrogen and oxygen atoms in total. The van der Waals surface area contributed by atoms with Crippen molar-refractivity contribution in [1.82, 2.24) is 5.32 Å². The summed E-state index contributed by atoms with van der Waals surface area (Å²) in [6, 6.07) is 8.50. The number of nitrogens with one attached hydrogen (secondary N) is 2. The van der Waals surface area contributed by atoms with E-state index in [-0.39, 0.29) is 11.8 Å². The van der Waals surface area contributed by atoms with Crippen LogP contribution in [0.15, 0.2) is 24.3 Å². The van der Waals surface area contributed by atoms with Crippen LogP contribution in [0.3, 0.4) is 0 Å². The molecule has 1 aromatic rings. The quantitative estimate of drug-likeness (QED) is 0.894. The van der Waals surface area contributed by atoms with Crippen LogP contribution in [0.25, 0.3) is 0 Å². The number of carbonyl (C=O) groups is 1. The fourth-order valence-corrected chi connectivity index (χ4v) is 4.67. The molecule has 0 spiro atoms. The van der Waals surface area contributed by atoms with Crippen LogP contribution in [-0.2, 0) is 4.79 Å². The van der Waals surface area contributed by atoms with Crippen LogP contribution in [0.1, 0.15) is 44.1 Å². The molecule has 2 unspecified atom stereocenters. The maximum atomic E-state index is 12.4. The molecule has 2 atom stereocenters. The number of benzene rings is 1. The number of carbonyl (C=O) groups excluding carboxylic acids is 1. The highest BCUT2D eigenvalue weighted by molar-refractivity contribution is 7.99. The Bertz CT molecular complexity index is 496. The largest absolute Gasteiger partial charge is 0.326 e. The van der Waals surface area contributed by atoms with Crippen LogP contribution in [0.2, 0.25) is 0 Å². The van der Waals surface area contributed by atoms with Crippen molar-refractivity contribution in [2.45, 2.75) is 43.8 Å². The summed E-state index contributed by atoms with van der Waals surface area (Å²) in [6.45, 7) is 4.44. The first kappa shape index (κ1) is 15.9. The van der Waals surface area contributed by atoms with Gasteiger partial charge in [0.2, 0.25) is 5.91 Å². The van der Waals surface area contributed by atoms with Gasteiger partial charge < -0.3 is 10.6 Å². The van der Waals surface area contributed by atoms with Crippen molar-refractivity contribution in [2.75, 3.05) is 24.2 Å². The highest BCUT2D eigenvalue weighted by atomic mass is 32.2. The highest BCUT2D eigenvalue weighted by Crippen LogP contribution is 2.30. The van der Waals surface area contributed by atoms with E-state index in [1.165, 1.54) is 18.4 Å². The summed E-state index contributed by atoms with van der Waals surface area (Å²) in [5.74, 6) is 2.15. The van der Waals surface area contributed by atoms with Crippen molar-refractivity contribution in [3.05, 3.63) is 29.8 Å². The molecule has 22 heavy (non-hydrogen) atoms. The average molecular weight is 318 g/mol. The summed E-state index contributed by atoms with van der Waals surface area (Å²) in [5.41, 5.74) is 2.34. The Hall–Kier alpha value is -1.00. The molecule has 1 amide bonds. The van der Waals surface area contributed by atoms with Gasteiger partial charge in [0, 0.05) is 16.9 Å². The Kier molecular flexibility index (Phi) is 5.42. The summed E-state index contributed by atoms with van der Waals surface area (Å²) in [6.07, 6.45) is 4.43. The predicted octanol–water partition coefficient (Wildman–Crippen LogP) is 3.62. The normalized spacial score (nSPS) is 26.6. The summed E-state index contributed by atoms with van der Waals surface area (Å²) in [4.78, 5) is 12.4. The summed E-state index contributed by atoms with van der Waals surface area (Å²) in [7, 11) is 0. The van der Waals surface area contributed by atoms with Crippen LogP contribution in [0.5, 0.6) is 0 Å². The van der Waals surface area contributed by atoms with Gasteiger partial charge in [-0.2, -0.15) is 11.8 Å². The molecule has 2 fully saturated rings. The fourth-order valence-electron chi connectivity index (χ4n) is 3.47. The molecule has 1 aromatic carbocycles. The molecular weight excluding hydrogens is 292 g/mol. The van der Waals surface area contributed by atoms with Gasteiger partial charge in [0.05, 0.1) is 0 Å². The van der Waals surface area contributed by atoms with Crippen LogP contribution < -0.4 is 10.6 Å². The number of hydrogen-bond donors (Lipinski definition) is 2. The maximum Gasteiger partial charge on any atom is 0.227 e. The minimum Gasteiger partial charge on any atom is -0.326 e. The van der Waals surface area contributed by atoms with Crippen molar-refractivity contribution < 1.29 is 4.79 Å². The molecule has 2 heterocycles. The van der Waals surface area contributed by atoms with E-state index in [1.54, 1.807) is 0 Å². The van der Waals surface area contributed by atoms with Gasteiger partial charge in [0.1, 0.15) is 0 Å². The third-order valence-corrected chi connectivity index (χ3v) is 6.08. The molecule has 0 saturated carbocycles. The molecule has 0 aliphatic carbocycles. The molecule has 2 aliphatic rings. The number of anilines is 1. The van der Waals surface area contributed by atoms with Gasteiger partial charge in [-0.05, 0) is 68.1 Å². The lowest BCUT2D eigenvalue weighted by atomic mass is 9.90. The molecule has 0 radical (unpaired) electrons. The van der Waals surface area contributed by atoms with E-state index in [4.69, 9.17) is 0 Å². The van der Waals surface area contributed by atoms with Gasteiger partial charge in [-0.15, -0.1) is 0 Å². The van der Waals surface area contributed by atoms with Gasteiger partial charge in [0.15, 0.2) is 0 Å². The highest BCUT2D eigenvalue weighted by Gasteiger charge is 2.25. The van der Waals surface area contributed by atoms with Crippen molar-refractivity contribution in [3.63, 3.8) is 0 Å². The number of hydrogen-bond acceptors (Lipinski definition) is 3.